The first-order chi connectivity index (χ1) is 23.9. The molecule has 0 saturated carbocycles. The monoisotopic (exact) mass is 765 g/mol. The number of carbonyl (C=O) groups is 5. The number of phenols is 2. The molecule has 3 aliphatic rings. The Labute approximate surface area is 304 Å². The van der Waals surface area contributed by atoms with Gasteiger partial charge in [-0.1, -0.05) is 16.8 Å². The number of rotatable bonds is 13. The number of hydrogen-bond donors (Lipinski definition) is 6. The van der Waals surface area contributed by atoms with Crippen LogP contribution in [-0.4, -0.2) is 120 Å². The lowest BCUT2D eigenvalue weighted by Crippen LogP contribution is -2.72. The lowest BCUT2D eigenvalue weighted by molar-refractivity contribution is -0.913. The smallest absolute Gasteiger partial charge is 0.350 e. The summed E-state index contributed by atoms with van der Waals surface area (Å²) in [6.45, 7) is 6.32. The van der Waals surface area contributed by atoms with Crippen LogP contribution in [0.2, 0.25) is 5.02 Å². The maximum atomic E-state index is 13.5. The van der Waals surface area contributed by atoms with Gasteiger partial charge in [0.2, 0.25) is 5.60 Å². The molecule has 7 N–H and O–H groups in total. The molecule has 274 valence electrons. The number of β-lactam (4-membered cyclic amide) rings is 1. The number of thiazole rings is 1. The summed E-state index contributed by atoms with van der Waals surface area (Å²) in [5, 5.41) is 51.2. The van der Waals surface area contributed by atoms with E-state index in [-0.39, 0.29) is 39.4 Å². The molecule has 0 unspecified atom stereocenters. The number of phenolic OH excluding ortho intramolecular Hbond substituents is 2. The normalized spacial score (nSPS) is 20.7. The Hall–Kier alpha value is -4.59. The Balaban J connectivity index is 1.32. The number of carbonyl (C=O) groups excluding carboxylic acids is 4. The number of thioether (sulfide) groups is 1. The third kappa shape index (κ3) is 7.70. The molecule has 0 aliphatic carbocycles. The summed E-state index contributed by atoms with van der Waals surface area (Å²) < 4.78 is 0.429. The number of nitrogen functional groups attached to an aromatic ring is 1. The molecule has 17 nitrogen and oxygen atoms in total. The van der Waals surface area contributed by atoms with E-state index in [4.69, 9.17) is 22.2 Å². The van der Waals surface area contributed by atoms with Crippen LogP contribution in [0.1, 0.15) is 49.7 Å². The van der Waals surface area contributed by atoms with Crippen molar-refractivity contribution in [2.75, 3.05) is 37.7 Å². The van der Waals surface area contributed by atoms with Crippen molar-refractivity contribution in [3.05, 3.63) is 45.1 Å². The fourth-order valence-corrected chi connectivity index (χ4v) is 8.41. The van der Waals surface area contributed by atoms with Crippen molar-refractivity contribution in [3.8, 4) is 11.5 Å². The van der Waals surface area contributed by atoms with Gasteiger partial charge in [0.05, 0.1) is 47.9 Å². The number of benzene rings is 1. The zero-order valence-electron chi connectivity index (χ0n) is 27.7. The minimum atomic E-state index is -1.80. The number of hydrogen-bond acceptors (Lipinski definition) is 14. The summed E-state index contributed by atoms with van der Waals surface area (Å²) >= 11 is 8.34. The molecule has 1 aromatic heterocycles. The van der Waals surface area contributed by atoms with Crippen molar-refractivity contribution in [2.45, 2.75) is 56.7 Å². The number of aromatic hydroxyl groups is 2. The number of nitrogens with two attached hydrogens (primary N) is 1. The molecule has 2 aromatic rings. The minimum absolute atomic E-state index is 0.0110. The number of halogens is 1. The number of nitrogens with one attached hydrogen (secondary N) is 2. The Morgan fingerprint density at radius 3 is 2.55 bits per heavy atom. The zero-order chi connectivity index (χ0) is 37.4. The number of aliphatic carboxylic acids is 2. The number of likely N-dealkylation sites (tertiary alicyclic amines) is 1. The van der Waals surface area contributed by atoms with Crippen LogP contribution in [-0.2, 0) is 24.0 Å². The van der Waals surface area contributed by atoms with Gasteiger partial charge in [-0.25, -0.2) is 9.78 Å². The lowest BCUT2D eigenvalue weighted by atomic mass is 10.0. The Morgan fingerprint density at radius 1 is 1.25 bits per heavy atom. The summed E-state index contributed by atoms with van der Waals surface area (Å²) in [5.74, 6) is -5.91. The largest absolute Gasteiger partial charge is 0.543 e. The number of nitrogens with zero attached hydrogens (tertiary/aromatic N) is 4. The first kappa shape index (κ1) is 37.7. The topological polar surface area (TPSA) is 257 Å². The molecule has 0 spiro atoms. The van der Waals surface area contributed by atoms with Gasteiger partial charge in [-0.15, -0.1) is 23.1 Å². The van der Waals surface area contributed by atoms with Crippen molar-refractivity contribution in [1.82, 2.24) is 20.5 Å². The first-order valence-electron chi connectivity index (χ1n) is 15.7. The van der Waals surface area contributed by atoms with Gasteiger partial charge in [-0.05, 0) is 32.9 Å². The van der Waals surface area contributed by atoms with Crippen LogP contribution in [0.5, 0.6) is 11.5 Å². The van der Waals surface area contributed by atoms with Crippen LogP contribution >= 0.6 is 34.7 Å². The van der Waals surface area contributed by atoms with Gasteiger partial charge in [0.15, 0.2) is 22.3 Å². The van der Waals surface area contributed by atoms with Crippen LogP contribution in [0.25, 0.3) is 0 Å². The molecule has 0 radical (unpaired) electrons. The van der Waals surface area contributed by atoms with Crippen LogP contribution in [0, 0.1) is 0 Å². The molecular weight excluding hydrogens is 730 g/mol. The number of amides is 3. The lowest BCUT2D eigenvalue weighted by Gasteiger charge is -2.51. The fraction of sp³-hybridized carbons (Fsp3) is 0.452. The maximum absolute atomic E-state index is 13.5. The summed E-state index contributed by atoms with van der Waals surface area (Å²) in [6, 6.07) is 0.884. The molecule has 3 atom stereocenters. The number of anilines is 1. The fourth-order valence-electron chi connectivity index (χ4n) is 6.28. The molecule has 51 heavy (non-hydrogen) atoms. The zero-order valence-corrected chi connectivity index (χ0v) is 30.1. The van der Waals surface area contributed by atoms with E-state index in [0.29, 0.717) is 29.7 Å². The second-order valence-corrected chi connectivity index (χ2v) is 15.4. The molecule has 2 saturated heterocycles. The van der Waals surface area contributed by atoms with Crippen LogP contribution in [0.15, 0.2) is 33.9 Å². The number of carboxylic acid groups (broad SMARTS) is 2. The van der Waals surface area contributed by atoms with Gasteiger partial charge in [-0.2, -0.15) is 0 Å². The highest BCUT2D eigenvalue weighted by molar-refractivity contribution is 8.00. The number of fused-ring (bicyclic) bond motifs is 1. The van der Waals surface area contributed by atoms with Crippen LogP contribution in [0.4, 0.5) is 5.13 Å². The molecule has 0 bridgehead atoms. The van der Waals surface area contributed by atoms with E-state index in [2.05, 4.69) is 20.8 Å². The van der Waals surface area contributed by atoms with Crippen LogP contribution in [0.3, 0.4) is 0 Å². The van der Waals surface area contributed by atoms with Gasteiger partial charge in [0.1, 0.15) is 23.7 Å². The van der Waals surface area contributed by atoms with E-state index in [1.54, 1.807) is 6.92 Å². The highest BCUT2D eigenvalue weighted by Gasteiger charge is 2.54. The average molecular weight is 766 g/mol. The number of quaternary nitrogens is 1. The predicted octanol–water partition coefficient (Wildman–Crippen LogP) is 0.207. The first-order valence-corrected chi connectivity index (χ1v) is 18.0. The van der Waals surface area contributed by atoms with Crippen molar-refractivity contribution < 1.29 is 53.7 Å². The molecular formula is C31H36ClN7O10S2. The SMILES string of the molecule is C[C@@H](C[N+]1(CC2=C(C(=O)[O-])N3C(=O)[C@@H](NC(=O)/C(=N\OC(C)(C)C(=O)O)c4csc(N)n4)[C@H]3SC2)CCCC1)NC(=O)c1ccc(O)c(O)c1Cl. The third-order valence-electron chi connectivity index (χ3n) is 8.81. The Kier molecular flexibility index (Phi) is 10.8. The predicted molar refractivity (Wildman–Crippen MR) is 184 cm³/mol. The second kappa shape index (κ2) is 14.6. The van der Waals surface area contributed by atoms with Crippen LogP contribution < -0.4 is 21.5 Å². The summed E-state index contributed by atoms with van der Waals surface area (Å²) in [5.41, 5.74) is 3.67. The molecule has 20 heteroatoms. The number of aromatic nitrogens is 1. The molecule has 4 heterocycles. The van der Waals surface area contributed by atoms with Crippen molar-refractivity contribution in [2.24, 2.45) is 5.16 Å². The Bertz CT molecular complexity index is 1840. The second-order valence-electron chi connectivity index (χ2n) is 13.0. The molecule has 3 amide bonds. The van der Waals surface area contributed by atoms with Crippen molar-refractivity contribution in [3.63, 3.8) is 0 Å². The molecule has 3 aliphatic heterocycles. The van der Waals surface area contributed by atoms with E-state index in [1.165, 1.54) is 37.1 Å². The highest BCUT2D eigenvalue weighted by Crippen LogP contribution is 2.41. The summed E-state index contributed by atoms with van der Waals surface area (Å²) in [7, 11) is 0. The summed E-state index contributed by atoms with van der Waals surface area (Å²) in [4.78, 5) is 74.2. The van der Waals surface area contributed by atoms with E-state index >= 15 is 0 Å². The maximum Gasteiger partial charge on any atom is 0.350 e. The standard InChI is InChI=1S/C31H36ClN7O10S2/c1-14(34-24(42)16-6-7-18(40)23(41)19(16)32)10-39(8-4-5-9-39)11-15-12-50-27-21(26(44)38(27)22(15)28(45)46)36-25(43)20(17-13-51-30(33)35-17)37-49-31(2,3)29(47)48/h6-7,13-14,21,27H,4-5,8-12H2,1-3H3,(H7-,33,34,35,36,37,40,41,42,43,45,46,47,48)/t14-,21+,27+/m0/s1. The van der Waals surface area contributed by atoms with E-state index in [1.807, 2.05) is 0 Å². The third-order valence-corrected chi connectivity index (χ3v) is 11.2. The Morgan fingerprint density at radius 2 is 1.94 bits per heavy atom. The highest BCUT2D eigenvalue weighted by atomic mass is 35.5. The van der Waals surface area contributed by atoms with Gasteiger partial charge in [-0.3, -0.25) is 19.3 Å². The number of oxime groups is 1. The van der Waals surface area contributed by atoms with Crippen molar-refractivity contribution in [1.29, 1.82) is 0 Å². The number of carboxylic acids is 2. The van der Waals surface area contributed by atoms with Gasteiger partial charge in [0.25, 0.3) is 17.7 Å². The molecule has 1 aromatic carbocycles. The molecule has 5 rings (SSSR count). The van der Waals surface area contributed by atoms with Crippen molar-refractivity contribution >= 4 is 75.2 Å². The van der Waals surface area contributed by atoms with E-state index < -0.39 is 69.9 Å². The van der Waals surface area contributed by atoms with Gasteiger partial charge < -0.3 is 50.9 Å². The average Bonchev–Trinajstić information content (AvgIpc) is 3.70. The van der Waals surface area contributed by atoms with E-state index in [9.17, 15) is 44.4 Å². The quantitative estimate of drug-likeness (QED) is 0.0525. The van der Waals surface area contributed by atoms with E-state index in [0.717, 1.165) is 35.1 Å². The minimum Gasteiger partial charge on any atom is -0.543 e. The summed E-state index contributed by atoms with van der Waals surface area (Å²) in [6.07, 6.45) is 1.72. The molecule has 2 fully saturated rings. The van der Waals surface area contributed by atoms with Gasteiger partial charge in [0, 0.05) is 29.5 Å². The van der Waals surface area contributed by atoms with Gasteiger partial charge >= 0.3 is 5.97 Å².